The van der Waals surface area contributed by atoms with Gasteiger partial charge in [0, 0.05) is 18.3 Å². The van der Waals surface area contributed by atoms with Crippen molar-refractivity contribution in [2.45, 2.75) is 99.8 Å². The molecule has 0 aliphatic heterocycles. The van der Waals surface area contributed by atoms with Crippen molar-refractivity contribution >= 4 is 0 Å². The Bertz CT molecular complexity index is 80.6. The van der Waals surface area contributed by atoms with Gasteiger partial charge in [-0.1, -0.05) is 27.7 Å². The number of rotatable bonds is 0. The van der Waals surface area contributed by atoms with Crippen LogP contribution in [0.15, 0.2) is 0 Å². The van der Waals surface area contributed by atoms with Gasteiger partial charge in [-0.2, -0.15) is 0 Å². The van der Waals surface area contributed by atoms with Crippen LogP contribution in [-0.2, 0) is 0 Å². The van der Waals surface area contributed by atoms with E-state index in [4.69, 9.17) is 15.3 Å². The summed E-state index contributed by atoms with van der Waals surface area (Å²) in [4.78, 5) is 0. The van der Waals surface area contributed by atoms with Gasteiger partial charge in [0.05, 0.1) is 0 Å². The molecule has 0 aromatic carbocycles. The normalized spacial score (nSPS) is 8.57. The first-order valence-electron chi connectivity index (χ1n) is 7.02. The first-order valence-corrected chi connectivity index (χ1v) is 7.02. The summed E-state index contributed by atoms with van der Waals surface area (Å²) in [5, 5.41) is 43.2. The summed E-state index contributed by atoms with van der Waals surface area (Å²) in [6.45, 7) is 16.8. The molecule has 0 heterocycles. The Kier molecular flexibility index (Phi) is 58.9. The molecule has 0 spiro atoms. The third-order valence-electron chi connectivity index (χ3n) is 0. The summed E-state index contributed by atoms with van der Waals surface area (Å²) >= 11 is 0. The topological polar surface area (TPSA) is 107 Å². The Balaban J connectivity index is -0.0000000331. The van der Waals surface area contributed by atoms with Gasteiger partial charge in [0.25, 0.3) is 0 Å². The molecule has 6 heteroatoms. The third kappa shape index (κ3) is 10200. The molecule has 0 aliphatic rings. The van der Waals surface area contributed by atoms with Gasteiger partial charge in [-0.3, -0.25) is 0 Å². The zero-order valence-electron chi connectivity index (χ0n) is 15.5. The van der Waals surface area contributed by atoms with E-state index < -0.39 is 12.2 Å². The molecule has 0 aliphatic carbocycles. The molecule has 132 valence electrons. The van der Waals surface area contributed by atoms with Crippen molar-refractivity contribution in [3.05, 3.63) is 0 Å². The molecular formula is C15H38O5U. The van der Waals surface area contributed by atoms with E-state index in [9.17, 15) is 10.2 Å². The molecule has 3 N–H and O–H groups in total. The summed E-state index contributed by atoms with van der Waals surface area (Å²) in [5.41, 5.74) is 0. The van der Waals surface area contributed by atoms with Crippen LogP contribution >= 0.6 is 0 Å². The third-order valence-corrected chi connectivity index (χ3v) is 0. The van der Waals surface area contributed by atoms with Crippen LogP contribution in [0.2, 0.25) is 0 Å². The molecule has 0 fully saturated rings. The number of aliphatic hydroxyl groups excluding tert-OH is 3. The molecule has 0 atom stereocenters. The van der Waals surface area contributed by atoms with Gasteiger partial charge in [-0.05, 0) is 41.5 Å². The quantitative estimate of drug-likeness (QED) is 0.422. The van der Waals surface area contributed by atoms with Crippen LogP contribution in [0.4, 0.5) is 0 Å². The number of aliphatic hydroxyl groups is 3. The fourth-order valence-corrected chi connectivity index (χ4v) is 0. The first kappa shape index (κ1) is 37.8. The van der Waals surface area contributed by atoms with Gasteiger partial charge in [0.1, 0.15) is 0 Å². The Hall–Kier alpha value is 0.852. The fourth-order valence-electron chi connectivity index (χ4n) is 0. The average Bonchev–Trinajstić information content (AvgIpc) is 1.94. The molecule has 0 aromatic rings. The van der Waals surface area contributed by atoms with Crippen LogP contribution in [-0.4, -0.2) is 45.8 Å². The molecule has 0 bridgehead atoms. The van der Waals surface area contributed by atoms with Crippen LogP contribution in [0, 0.1) is 31.1 Å². The van der Waals surface area contributed by atoms with E-state index in [1.54, 1.807) is 69.2 Å². The zero-order valence-corrected chi connectivity index (χ0v) is 19.7. The van der Waals surface area contributed by atoms with E-state index in [-0.39, 0.29) is 49.4 Å². The maximum atomic E-state index is 9.53. The Labute approximate surface area is 156 Å². The molecule has 0 radical (unpaired) electrons. The van der Waals surface area contributed by atoms with Gasteiger partial charge in [-0.25, -0.2) is 0 Å². The Morgan fingerprint density at radius 3 is 0.476 bits per heavy atom. The van der Waals surface area contributed by atoms with Gasteiger partial charge in [0.2, 0.25) is 0 Å². The smallest absolute Gasteiger partial charge is 0.852 e. The summed E-state index contributed by atoms with van der Waals surface area (Å²) in [6, 6.07) is 0. The largest absolute Gasteiger partial charge is 2.00 e. The van der Waals surface area contributed by atoms with Crippen molar-refractivity contribution in [1.82, 2.24) is 0 Å². The summed E-state index contributed by atoms with van der Waals surface area (Å²) < 4.78 is 0. The summed E-state index contributed by atoms with van der Waals surface area (Å²) in [7, 11) is 0. The van der Waals surface area contributed by atoms with Crippen LogP contribution in [0.3, 0.4) is 0 Å². The number of hydrogen-bond acceptors (Lipinski definition) is 5. The van der Waals surface area contributed by atoms with Gasteiger partial charge >= 0.3 is 31.1 Å². The van der Waals surface area contributed by atoms with E-state index in [1.165, 1.54) is 0 Å². The zero-order chi connectivity index (χ0) is 17.9. The molecule has 0 unspecified atom stereocenters. The van der Waals surface area contributed by atoms with Gasteiger partial charge in [0.15, 0.2) is 0 Å². The Morgan fingerprint density at radius 2 is 0.476 bits per heavy atom. The van der Waals surface area contributed by atoms with Crippen LogP contribution < -0.4 is 10.2 Å². The predicted molar refractivity (Wildman–Crippen MR) is 82.3 cm³/mol. The second kappa shape index (κ2) is 32.7. The molecule has 0 amide bonds. The van der Waals surface area contributed by atoms with Gasteiger partial charge < -0.3 is 25.5 Å². The summed E-state index contributed by atoms with van der Waals surface area (Å²) in [5.74, 6) is 0. The standard InChI is InChI=1S/3C3H8O.2C3H7O.U/c5*1-3(2)4;/h3*3-4H,1-2H3;2*3H,1-2H3;/q;;;2*-1;+2. The van der Waals surface area contributed by atoms with Crippen LogP contribution in [0.1, 0.15) is 69.2 Å². The number of hydrogen-bond donors (Lipinski definition) is 3. The van der Waals surface area contributed by atoms with Crippen molar-refractivity contribution in [2.75, 3.05) is 0 Å². The molecule has 0 rings (SSSR count). The molecular weight excluding hydrogens is 498 g/mol. The van der Waals surface area contributed by atoms with E-state index in [0.717, 1.165) is 0 Å². The fraction of sp³-hybridized carbons (Fsp3) is 1.00. The molecule has 0 aromatic heterocycles. The molecule has 0 saturated heterocycles. The minimum atomic E-state index is -0.417. The maximum Gasteiger partial charge on any atom is 2.00 e. The second-order valence-electron chi connectivity index (χ2n) is 5.38. The molecule has 21 heavy (non-hydrogen) atoms. The first-order chi connectivity index (χ1) is 8.66. The second-order valence-corrected chi connectivity index (χ2v) is 5.38. The van der Waals surface area contributed by atoms with Crippen molar-refractivity contribution in [2.24, 2.45) is 0 Å². The SMILES string of the molecule is CC(C)O.CC(C)O.CC(C)O.CC(C)[O-].CC(C)[O-].[U+2]. The van der Waals surface area contributed by atoms with E-state index in [2.05, 4.69) is 0 Å². The van der Waals surface area contributed by atoms with E-state index in [1.807, 2.05) is 0 Å². The van der Waals surface area contributed by atoms with Gasteiger partial charge in [-0.15, -0.1) is 12.2 Å². The molecule has 0 saturated carbocycles. The van der Waals surface area contributed by atoms with E-state index >= 15 is 0 Å². The predicted octanol–water partition coefficient (Wildman–Crippen LogP) is 0.672. The van der Waals surface area contributed by atoms with Crippen LogP contribution in [0.5, 0.6) is 0 Å². The van der Waals surface area contributed by atoms with Crippen molar-refractivity contribution in [1.29, 1.82) is 0 Å². The average molecular weight is 536 g/mol. The minimum absolute atomic E-state index is 0. The molecule has 5 nitrogen and oxygen atoms in total. The van der Waals surface area contributed by atoms with Crippen molar-refractivity contribution in [3.8, 4) is 0 Å². The van der Waals surface area contributed by atoms with Crippen molar-refractivity contribution in [3.63, 3.8) is 0 Å². The monoisotopic (exact) mass is 536 g/mol. The van der Waals surface area contributed by atoms with Crippen LogP contribution in [0.25, 0.3) is 0 Å². The van der Waals surface area contributed by atoms with Crippen molar-refractivity contribution < 1.29 is 56.6 Å². The van der Waals surface area contributed by atoms with E-state index in [0.29, 0.717) is 0 Å². The Morgan fingerprint density at radius 1 is 0.476 bits per heavy atom. The summed E-state index contributed by atoms with van der Waals surface area (Å²) in [6.07, 6.45) is -1.33. The minimum Gasteiger partial charge on any atom is -0.852 e. The maximum absolute atomic E-state index is 9.53.